The molecule has 5 nitrogen and oxygen atoms in total. The number of carbonyl (C=O) groups is 2. The lowest BCUT2D eigenvalue weighted by atomic mass is 9.81. The van der Waals surface area contributed by atoms with Crippen molar-refractivity contribution in [2.45, 2.75) is 39.0 Å². The van der Waals surface area contributed by atoms with Gasteiger partial charge in [0.2, 0.25) is 8.32 Å². The molecule has 0 saturated carbocycles. The Balaban J connectivity index is 2.27. The Kier molecular flexibility index (Phi) is 5.34. The maximum Gasteiger partial charge on any atom is 0.328 e. The molecule has 3 amide bonds. The van der Waals surface area contributed by atoms with E-state index in [-0.39, 0.29) is 11.9 Å². The van der Waals surface area contributed by atoms with Crippen molar-refractivity contribution < 1.29 is 14.0 Å². The summed E-state index contributed by atoms with van der Waals surface area (Å²) in [4.78, 5) is 29.7. The molecule has 2 aromatic rings. The predicted octanol–water partition coefficient (Wildman–Crippen LogP) is 4.45. The van der Waals surface area contributed by atoms with Crippen LogP contribution in [0.15, 0.2) is 54.6 Å². The Bertz CT molecular complexity index is 879. The molecule has 0 N–H and O–H groups in total. The highest BCUT2D eigenvalue weighted by Crippen LogP contribution is 2.43. The van der Waals surface area contributed by atoms with E-state index in [1.54, 1.807) is 4.90 Å². The van der Waals surface area contributed by atoms with Gasteiger partial charge in [-0.1, -0.05) is 42.5 Å². The summed E-state index contributed by atoms with van der Waals surface area (Å²) in [6.07, 6.45) is 0. The minimum absolute atomic E-state index is 0.210. The third-order valence-electron chi connectivity index (χ3n) is 4.92. The fraction of sp³-hybridized carbons (Fsp3) is 0.364. The van der Waals surface area contributed by atoms with Crippen LogP contribution in [0.3, 0.4) is 0 Å². The Hall–Kier alpha value is -2.60. The van der Waals surface area contributed by atoms with Gasteiger partial charge in [-0.25, -0.2) is 4.79 Å². The molecule has 1 heterocycles. The van der Waals surface area contributed by atoms with E-state index in [1.165, 1.54) is 4.90 Å². The third-order valence-corrected chi connectivity index (χ3v) is 5.77. The maximum atomic E-state index is 13.7. The van der Waals surface area contributed by atoms with Gasteiger partial charge in [0.15, 0.2) is 5.54 Å². The fourth-order valence-electron chi connectivity index (χ4n) is 3.88. The number of imide groups is 1. The molecule has 0 aromatic heterocycles. The molecular weight excluding hydrogens is 368 g/mol. The number of benzene rings is 2. The third kappa shape index (κ3) is 3.22. The summed E-state index contributed by atoms with van der Waals surface area (Å²) in [7, 11) is -1.82. The highest BCUT2D eigenvalue weighted by atomic mass is 28.4. The second-order valence-corrected chi connectivity index (χ2v) is 12.3. The van der Waals surface area contributed by atoms with Crippen LogP contribution in [0, 0.1) is 0 Å². The van der Waals surface area contributed by atoms with Crippen LogP contribution in [0.5, 0.6) is 5.75 Å². The molecule has 1 atom stereocenters. The van der Waals surface area contributed by atoms with E-state index in [0.29, 0.717) is 13.1 Å². The van der Waals surface area contributed by atoms with Crippen molar-refractivity contribution in [3.05, 3.63) is 65.7 Å². The fourth-order valence-corrected chi connectivity index (χ4v) is 4.72. The molecule has 1 aliphatic rings. The smallest absolute Gasteiger partial charge is 0.328 e. The van der Waals surface area contributed by atoms with E-state index in [2.05, 4.69) is 19.6 Å². The van der Waals surface area contributed by atoms with Gasteiger partial charge in [0.05, 0.1) is 0 Å². The van der Waals surface area contributed by atoms with Crippen LogP contribution < -0.4 is 4.43 Å². The maximum absolute atomic E-state index is 13.7. The zero-order valence-corrected chi connectivity index (χ0v) is 18.2. The van der Waals surface area contributed by atoms with Crippen molar-refractivity contribution in [1.29, 1.82) is 0 Å². The van der Waals surface area contributed by atoms with E-state index in [4.69, 9.17) is 4.43 Å². The first-order valence-electron chi connectivity index (χ1n) is 9.74. The molecule has 1 fully saturated rings. The number of nitrogens with zero attached hydrogens (tertiary/aromatic N) is 2. The molecule has 6 heteroatoms. The van der Waals surface area contributed by atoms with E-state index in [1.807, 2.05) is 68.4 Å². The molecular formula is C22H28N2O3Si. The predicted molar refractivity (Wildman–Crippen MR) is 113 cm³/mol. The highest BCUT2D eigenvalue weighted by Gasteiger charge is 2.58. The summed E-state index contributed by atoms with van der Waals surface area (Å²) < 4.78 is 6.18. The van der Waals surface area contributed by atoms with E-state index >= 15 is 0 Å². The van der Waals surface area contributed by atoms with E-state index in [0.717, 1.165) is 16.9 Å². The molecule has 28 heavy (non-hydrogen) atoms. The van der Waals surface area contributed by atoms with Crippen LogP contribution in [-0.4, -0.2) is 43.1 Å². The standard InChI is InChI=1S/C22H28N2O3Si/c1-6-23-20(25)22(24(7-2)21(23)26,17-12-9-8-10-13-17)18-14-11-15-19(16-18)27-28(3,4)5/h8-16H,6-7H2,1-5H3. The molecule has 0 radical (unpaired) electrons. The lowest BCUT2D eigenvalue weighted by Crippen LogP contribution is -2.48. The number of hydrogen-bond donors (Lipinski definition) is 0. The van der Waals surface area contributed by atoms with Gasteiger partial charge >= 0.3 is 6.03 Å². The monoisotopic (exact) mass is 396 g/mol. The van der Waals surface area contributed by atoms with Gasteiger partial charge in [-0.15, -0.1) is 0 Å². The van der Waals surface area contributed by atoms with E-state index in [9.17, 15) is 9.59 Å². The zero-order chi connectivity index (χ0) is 20.5. The largest absolute Gasteiger partial charge is 0.544 e. The van der Waals surface area contributed by atoms with Crippen molar-refractivity contribution in [2.24, 2.45) is 0 Å². The lowest BCUT2D eigenvalue weighted by molar-refractivity contribution is -0.131. The summed E-state index contributed by atoms with van der Waals surface area (Å²) in [6, 6.07) is 16.9. The second kappa shape index (κ2) is 7.43. The van der Waals surface area contributed by atoms with Crippen molar-refractivity contribution >= 4 is 20.3 Å². The van der Waals surface area contributed by atoms with Crippen LogP contribution in [0.1, 0.15) is 25.0 Å². The zero-order valence-electron chi connectivity index (χ0n) is 17.2. The number of rotatable bonds is 6. The Labute approximate surface area is 168 Å². The number of carbonyl (C=O) groups excluding carboxylic acids is 2. The van der Waals surface area contributed by atoms with Gasteiger partial charge in [-0.3, -0.25) is 9.69 Å². The van der Waals surface area contributed by atoms with Crippen molar-refractivity contribution in [1.82, 2.24) is 9.80 Å². The van der Waals surface area contributed by atoms with Crippen LogP contribution in [0.4, 0.5) is 4.79 Å². The van der Waals surface area contributed by atoms with Crippen LogP contribution in [0.2, 0.25) is 19.6 Å². The average Bonchev–Trinajstić information content (AvgIpc) is 2.87. The Morgan fingerprint density at radius 1 is 0.893 bits per heavy atom. The number of hydrogen-bond acceptors (Lipinski definition) is 3. The molecule has 148 valence electrons. The van der Waals surface area contributed by atoms with Crippen LogP contribution >= 0.6 is 0 Å². The summed E-state index contributed by atoms with van der Waals surface area (Å²) in [5.41, 5.74) is 0.365. The Morgan fingerprint density at radius 2 is 1.54 bits per heavy atom. The molecule has 1 unspecified atom stereocenters. The molecule has 0 bridgehead atoms. The summed E-state index contributed by atoms with van der Waals surface area (Å²) in [6.45, 7) is 10.9. The molecule has 1 aliphatic heterocycles. The molecule has 0 spiro atoms. The minimum Gasteiger partial charge on any atom is -0.544 e. The van der Waals surface area contributed by atoms with E-state index < -0.39 is 13.9 Å². The second-order valence-electron chi connectivity index (χ2n) is 7.89. The van der Waals surface area contributed by atoms with Gasteiger partial charge in [-0.2, -0.15) is 0 Å². The number of amides is 3. The highest BCUT2D eigenvalue weighted by molar-refractivity contribution is 6.70. The van der Waals surface area contributed by atoms with Gasteiger partial charge in [0.1, 0.15) is 5.75 Å². The average molecular weight is 397 g/mol. The summed E-state index contributed by atoms with van der Waals surface area (Å²) in [5, 5.41) is 0. The number of urea groups is 1. The van der Waals surface area contributed by atoms with Crippen molar-refractivity contribution in [3.63, 3.8) is 0 Å². The normalized spacial score (nSPS) is 20.0. The summed E-state index contributed by atoms with van der Waals surface area (Å²) in [5.74, 6) is 0.524. The van der Waals surface area contributed by atoms with Gasteiger partial charge in [-0.05, 0) is 56.7 Å². The first kappa shape index (κ1) is 20.1. The molecule has 1 saturated heterocycles. The van der Waals surface area contributed by atoms with Crippen LogP contribution in [0.25, 0.3) is 0 Å². The van der Waals surface area contributed by atoms with Crippen molar-refractivity contribution in [2.75, 3.05) is 13.1 Å². The Morgan fingerprint density at radius 3 is 2.11 bits per heavy atom. The topological polar surface area (TPSA) is 49.9 Å². The molecule has 3 rings (SSSR count). The molecule has 0 aliphatic carbocycles. The SMILES string of the molecule is CCN1C(=O)N(CC)C(c2ccccc2)(c2cccc(O[Si](C)(C)C)c2)C1=O. The first-order chi connectivity index (χ1) is 13.3. The van der Waals surface area contributed by atoms with Gasteiger partial charge in [0.25, 0.3) is 5.91 Å². The number of likely N-dealkylation sites (N-methyl/N-ethyl adjacent to an activating group) is 2. The van der Waals surface area contributed by atoms with Crippen molar-refractivity contribution in [3.8, 4) is 5.75 Å². The quantitative estimate of drug-likeness (QED) is 0.535. The lowest BCUT2D eigenvalue weighted by Gasteiger charge is -2.36. The first-order valence-corrected chi connectivity index (χ1v) is 13.1. The van der Waals surface area contributed by atoms with Gasteiger partial charge < -0.3 is 9.33 Å². The molecule has 2 aromatic carbocycles. The summed E-state index contributed by atoms with van der Waals surface area (Å²) >= 11 is 0. The van der Waals surface area contributed by atoms with Gasteiger partial charge in [0, 0.05) is 13.1 Å². The minimum atomic E-state index is -1.82. The van der Waals surface area contributed by atoms with Crippen LogP contribution in [-0.2, 0) is 10.3 Å².